The largest absolute Gasteiger partial charge is 0.493 e. The van der Waals surface area contributed by atoms with Gasteiger partial charge in [0.2, 0.25) is 0 Å². The highest BCUT2D eigenvalue weighted by Crippen LogP contribution is 2.24. The van der Waals surface area contributed by atoms with Gasteiger partial charge in [0.05, 0.1) is 12.2 Å². The van der Waals surface area contributed by atoms with Gasteiger partial charge in [-0.15, -0.1) is 0 Å². The van der Waals surface area contributed by atoms with Crippen molar-refractivity contribution in [3.05, 3.63) is 53.9 Å². The Hall–Kier alpha value is -2.44. The lowest BCUT2D eigenvalue weighted by atomic mass is 10.1. The monoisotopic (exact) mass is 382 g/mol. The fourth-order valence-electron chi connectivity index (χ4n) is 3.30. The van der Waals surface area contributed by atoms with Gasteiger partial charge in [0.25, 0.3) is 5.91 Å². The van der Waals surface area contributed by atoms with Crippen LogP contribution in [0.25, 0.3) is 0 Å². The lowest BCUT2D eigenvalue weighted by Crippen LogP contribution is -2.32. The molecule has 2 aromatic rings. The second-order valence-electron chi connectivity index (χ2n) is 7.83. The summed E-state index contributed by atoms with van der Waals surface area (Å²) in [5.41, 5.74) is 2.40. The molecule has 1 aliphatic heterocycles. The molecule has 3 rings (SSSR count). The summed E-state index contributed by atoms with van der Waals surface area (Å²) >= 11 is 0. The summed E-state index contributed by atoms with van der Waals surface area (Å²) in [7, 11) is 2.15. The van der Waals surface area contributed by atoms with Crippen molar-refractivity contribution in [3.63, 3.8) is 0 Å². The molecule has 1 saturated heterocycles. The lowest BCUT2D eigenvalue weighted by molar-refractivity contribution is 0.102. The van der Waals surface area contributed by atoms with Gasteiger partial charge >= 0.3 is 0 Å². The zero-order chi connectivity index (χ0) is 19.9. The topological polar surface area (TPSA) is 66.5 Å². The van der Waals surface area contributed by atoms with Crippen molar-refractivity contribution < 1.29 is 9.53 Å². The number of benzene rings is 1. The highest BCUT2D eigenvalue weighted by molar-refractivity contribution is 6.04. The molecular weight excluding hydrogens is 352 g/mol. The fourth-order valence-corrected chi connectivity index (χ4v) is 3.30. The number of carbonyl (C=O) groups is 1. The number of nitrogens with one attached hydrogen (secondary N) is 2. The maximum atomic E-state index is 12.5. The molecule has 0 bridgehead atoms. The summed E-state index contributed by atoms with van der Waals surface area (Å²) in [6.07, 6.45) is 4.38. The van der Waals surface area contributed by atoms with Gasteiger partial charge in [-0.25, -0.2) is 0 Å². The van der Waals surface area contributed by atoms with Crippen molar-refractivity contribution in [1.29, 1.82) is 0 Å². The smallest absolute Gasteiger partial charge is 0.257 e. The van der Waals surface area contributed by atoms with Gasteiger partial charge in [-0.05, 0) is 55.8 Å². The van der Waals surface area contributed by atoms with Crippen LogP contribution in [0.5, 0.6) is 5.75 Å². The van der Waals surface area contributed by atoms with Crippen molar-refractivity contribution in [2.45, 2.75) is 32.9 Å². The van der Waals surface area contributed by atoms with Crippen molar-refractivity contribution >= 4 is 11.6 Å². The molecule has 1 amide bonds. The third-order valence-electron chi connectivity index (χ3n) is 4.82. The molecule has 1 aromatic carbocycles. The standard InChI is InChI=1S/C22H30N4O2/c1-16(2)15-28-21-10-17(14-26(3)20-6-8-24-13-20)9-19(11-21)25-22(27)18-5-4-7-23-12-18/h4-5,7,9-12,16,20,24H,6,8,13-15H2,1-3H3,(H,25,27). The van der Waals surface area contributed by atoms with Crippen LogP contribution in [0.1, 0.15) is 36.2 Å². The number of aromatic nitrogens is 1. The third-order valence-corrected chi connectivity index (χ3v) is 4.82. The van der Waals surface area contributed by atoms with E-state index < -0.39 is 0 Å². The van der Waals surface area contributed by atoms with E-state index in [1.54, 1.807) is 24.5 Å². The van der Waals surface area contributed by atoms with Crippen LogP contribution in [-0.2, 0) is 6.54 Å². The molecule has 6 heteroatoms. The minimum absolute atomic E-state index is 0.173. The van der Waals surface area contributed by atoms with Gasteiger partial charge in [-0.3, -0.25) is 14.7 Å². The van der Waals surface area contributed by atoms with Crippen LogP contribution < -0.4 is 15.4 Å². The van der Waals surface area contributed by atoms with Crippen LogP contribution in [0.4, 0.5) is 5.69 Å². The van der Waals surface area contributed by atoms with Crippen molar-refractivity contribution in [3.8, 4) is 5.75 Å². The minimum Gasteiger partial charge on any atom is -0.493 e. The first kappa shape index (κ1) is 20.3. The highest BCUT2D eigenvalue weighted by Gasteiger charge is 2.19. The SMILES string of the molecule is CC(C)COc1cc(CN(C)C2CCNC2)cc(NC(=O)c2cccnc2)c1. The first-order valence-electron chi connectivity index (χ1n) is 9.90. The lowest BCUT2D eigenvalue weighted by Gasteiger charge is -2.24. The van der Waals surface area contributed by atoms with E-state index in [9.17, 15) is 4.79 Å². The number of carbonyl (C=O) groups excluding carboxylic acids is 1. The summed E-state index contributed by atoms with van der Waals surface area (Å²) in [6, 6.07) is 10.0. The summed E-state index contributed by atoms with van der Waals surface area (Å²) in [5, 5.41) is 6.39. The second kappa shape index (κ2) is 9.66. The Morgan fingerprint density at radius 1 is 1.39 bits per heavy atom. The predicted molar refractivity (Wildman–Crippen MR) is 112 cm³/mol. The van der Waals surface area contributed by atoms with Crippen LogP contribution in [0, 0.1) is 5.92 Å². The van der Waals surface area contributed by atoms with E-state index in [0.717, 1.165) is 43.1 Å². The Morgan fingerprint density at radius 2 is 2.25 bits per heavy atom. The third kappa shape index (κ3) is 5.78. The Morgan fingerprint density at radius 3 is 2.93 bits per heavy atom. The number of pyridine rings is 1. The first-order valence-corrected chi connectivity index (χ1v) is 9.90. The molecular formula is C22H30N4O2. The first-order chi connectivity index (χ1) is 13.5. The molecule has 2 N–H and O–H groups in total. The fraction of sp³-hybridized carbons (Fsp3) is 0.455. The van der Waals surface area contributed by atoms with Gasteiger partial charge in [-0.1, -0.05) is 13.8 Å². The van der Waals surface area contributed by atoms with Gasteiger partial charge < -0.3 is 15.4 Å². The van der Waals surface area contributed by atoms with Crippen LogP contribution in [0.2, 0.25) is 0 Å². The quantitative estimate of drug-likeness (QED) is 0.734. The molecule has 1 atom stereocenters. The molecule has 1 fully saturated rings. The number of anilines is 1. The zero-order valence-electron chi connectivity index (χ0n) is 16.9. The Labute approximate surface area is 167 Å². The van der Waals surface area contributed by atoms with Crippen LogP contribution >= 0.6 is 0 Å². The number of rotatable bonds is 8. The molecule has 150 valence electrons. The minimum atomic E-state index is -0.173. The molecule has 0 spiro atoms. The maximum Gasteiger partial charge on any atom is 0.257 e. The van der Waals surface area contributed by atoms with Crippen LogP contribution in [-0.4, -0.2) is 48.6 Å². The Bertz CT molecular complexity index is 773. The molecule has 28 heavy (non-hydrogen) atoms. The summed E-state index contributed by atoms with van der Waals surface area (Å²) < 4.78 is 5.95. The summed E-state index contributed by atoms with van der Waals surface area (Å²) in [6.45, 7) is 7.78. The maximum absolute atomic E-state index is 12.5. The molecule has 1 aromatic heterocycles. The second-order valence-corrected chi connectivity index (χ2v) is 7.83. The Balaban J connectivity index is 1.77. The van der Waals surface area contributed by atoms with Crippen molar-refractivity contribution in [2.24, 2.45) is 5.92 Å². The Kier molecular flexibility index (Phi) is 7.01. The number of likely N-dealkylation sites (N-methyl/N-ethyl adjacent to an activating group) is 1. The van der Waals surface area contributed by atoms with Crippen LogP contribution in [0.3, 0.4) is 0 Å². The number of hydrogen-bond donors (Lipinski definition) is 2. The average Bonchev–Trinajstić information content (AvgIpc) is 3.22. The number of ether oxygens (including phenoxy) is 1. The van der Waals surface area contributed by atoms with E-state index in [1.165, 1.54) is 0 Å². The zero-order valence-corrected chi connectivity index (χ0v) is 16.9. The molecule has 0 radical (unpaired) electrons. The van der Waals surface area contributed by atoms with Gasteiger partial charge in [0, 0.05) is 43.3 Å². The van der Waals surface area contributed by atoms with E-state index in [-0.39, 0.29) is 5.91 Å². The molecule has 1 aliphatic rings. The van der Waals surface area contributed by atoms with Gasteiger partial charge in [0.1, 0.15) is 5.75 Å². The molecule has 2 heterocycles. The summed E-state index contributed by atoms with van der Waals surface area (Å²) in [5.74, 6) is 1.04. The number of hydrogen-bond acceptors (Lipinski definition) is 5. The summed E-state index contributed by atoms with van der Waals surface area (Å²) in [4.78, 5) is 18.9. The van der Waals surface area contributed by atoms with Crippen molar-refractivity contribution in [2.75, 3.05) is 32.1 Å². The molecule has 6 nitrogen and oxygen atoms in total. The van der Waals surface area contributed by atoms with Gasteiger partial charge in [0.15, 0.2) is 0 Å². The number of amides is 1. The average molecular weight is 383 g/mol. The number of nitrogens with zero attached hydrogens (tertiary/aromatic N) is 2. The van der Waals surface area contributed by atoms with E-state index in [1.807, 2.05) is 12.1 Å². The highest BCUT2D eigenvalue weighted by atomic mass is 16.5. The van der Waals surface area contributed by atoms with E-state index in [4.69, 9.17) is 4.74 Å². The van der Waals surface area contributed by atoms with E-state index >= 15 is 0 Å². The van der Waals surface area contributed by atoms with Crippen LogP contribution in [0.15, 0.2) is 42.7 Å². The normalized spacial score (nSPS) is 16.5. The van der Waals surface area contributed by atoms with Crippen molar-refractivity contribution in [1.82, 2.24) is 15.2 Å². The predicted octanol–water partition coefficient (Wildman–Crippen LogP) is 3.16. The van der Waals surface area contributed by atoms with E-state index in [2.05, 4.69) is 47.5 Å². The van der Waals surface area contributed by atoms with E-state index in [0.29, 0.717) is 24.1 Å². The molecule has 1 unspecified atom stereocenters. The van der Waals surface area contributed by atoms with Gasteiger partial charge in [-0.2, -0.15) is 0 Å². The molecule has 0 aliphatic carbocycles. The molecule has 0 saturated carbocycles.